The molecule has 4 aromatic rings. The van der Waals surface area contributed by atoms with E-state index in [0.717, 1.165) is 11.3 Å². The van der Waals surface area contributed by atoms with Crippen molar-refractivity contribution in [3.63, 3.8) is 0 Å². The van der Waals surface area contributed by atoms with Gasteiger partial charge < -0.3 is 9.47 Å². The molecule has 2 aromatic heterocycles. The zero-order valence-corrected chi connectivity index (χ0v) is 15.8. The van der Waals surface area contributed by atoms with Crippen molar-refractivity contribution in [3.05, 3.63) is 87.5 Å². The highest BCUT2D eigenvalue weighted by Gasteiger charge is 2.27. The number of benzene rings is 2. The molecule has 8 heteroatoms. The number of hydrogen-bond donors (Lipinski definition) is 2. The van der Waals surface area contributed by atoms with Crippen molar-refractivity contribution in [2.24, 2.45) is 0 Å². The molecule has 2 aromatic carbocycles. The van der Waals surface area contributed by atoms with E-state index in [1.165, 1.54) is 6.33 Å². The van der Waals surface area contributed by atoms with E-state index in [9.17, 15) is 9.59 Å². The van der Waals surface area contributed by atoms with E-state index in [1.807, 2.05) is 60.7 Å². The van der Waals surface area contributed by atoms with E-state index in [-0.39, 0.29) is 21.5 Å². The number of aromatic amines is 2. The van der Waals surface area contributed by atoms with Crippen LogP contribution in [0.3, 0.4) is 0 Å². The number of hydrogen-bond acceptors (Lipinski definition) is 4. The Labute approximate surface area is 165 Å². The lowest BCUT2D eigenvalue weighted by Crippen LogP contribution is -2.35. The van der Waals surface area contributed by atoms with Gasteiger partial charge in [0.25, 0.3) is 11.5 Å². The van der Waals surface area contributed by atoms with Crippen LogP contribution in [0.15, 0.2) is 71.8 Å². The third-order valence-electron chi connectivity index (χ3n) is 4.62. The second-order valence-electron chi connectivity index (χ2n) is 6.31. The van der Waals surface area contributed by atoms with Crippen LogP contribution in [0.4, 0.5) is 5.69 Å². The van der Waals surface area contributed by atoms with Crippen molar-refractivity contribution in [1.82, 2.24) is 19.7 Å². The first-order valence-electron chi connectivity index (χ1n) is 8.63. The van der Waals surface area contributed by atoms with Crippen LogP contribution in [0.25, 0.3) is 11.0 Å². The maximum atomic E-state index is 13.5. The quantitative estimate of drug-likeness (QED) is 0.524. The summed E-state index contributed by atoms with van der Waals surface area (Å²) in [4.78, 5) is 31.5. The second-order valence-corrected chi connectivity index (χ2v) is 6.69. The monoisotopic (exact) mass is 391 g/mol. The summed E-state index contributed by atoms with van der Waals surface area (Å²) >= 11 is 5.55. The summed E-state index contributed by atoms with van der Waals surface area (Å²) in [5.74, 6) is -0.193. The summed E-state index contributed by atoms with van der Waals surface area (Å²) < 4.78 is 1.81. The molecule has 0 fully saturated rings. The van der Waals surface area contributed by atoms with Crippen molar-refractivity contribution in [1.29, 1.82) is 0 Å². The minimum absolute atomic E-state index is 0.193. The number of likely N-dealkylation sites (N-methyl/N-ethyl adjacent to an activating group) is 1. The Morgan fingerprint density at radius 2 is 1.71 bits per heavy atom. The Bertz CT molecular complexity index is 1240. The summed E-state index contributed by atoms with van der Waals surface area (Å²) in [6.45, 7) is 0. The molecule has 1 amide bonds. The van der Waals surface area contributed by atoms with Gasteiger partial charge in [-0.15, -0.1) is 0 Å². The molecule has 28 heavy (non-hydrogen) atoms. The highest BCUT2D eigenvalue weighted by atomic mass is 32.1. The second kappa shape index (κ2) is 7.24. The molecule has 0 spiro atoms. The molecule has 0 aliphatic rings. The molecule has 2 heterocycles. The highest BCUT2D eigenvalue weighted by molar-refractivity contribution is 7.71. The van der Waals surface area contributed by atoms with Crippen molar-refractivity contribution < 1.29 is 4.79 Å². The van der Waals surface area contributed by atoms with Gasteiger partial charge in [0.1, 0.15) is 16.1 Å². The number of anilines is 1. The van der Waals surface area contributed by atoms with Crippen LogP contribution in [0, 0.1) is 4.64 Å². The zero-order chi connectivity index (χ0) is 19.7. The number of nitrogens with zero attached hydrogens (tertiary/aromatic N) is 3. The standard InChI is InChI=1S/C20H17N5O2S/c1-24(14-10-6-3-7-11-14)19(27)16(13-8-4-2-5-9-13)25-12-21-17-15(20(25)28)18(26)23-22-17/h2-12,16H,1H3,(H2,22,23,26). The summed E-state index contributed by atoms with van der Waals surface area (Å²) in [5, 5.41) is 5.43. The number of para-hydroxylation sites is 1. The number of fused-ring (bicyclic) bond motifs is 1. The van der Waals surface area contributed by atoms with Gasteiger partial charge in [-0.1, -0.05) is 60.7 Å². The molecule has 0 saturated heterocycles. The van der Waals surface area contributed by atoms with Gasteiger partial charge in [0.2, 0.25) is 0 Å². The van der Waals surface area contributed by atoms with Crippen LogP contribution in [-0.2, 0) is 4.79 Å². The third kappa shape index (κ3) is 3.03. The molecule has 4 rings (SSSR count). The van der Waals surface area contributed by atoms with Gasteiger partial charge in [-0.3, -0.25) is 19.8 Å². The Balaban J connectivity index is 1.89. The number of aromatic nitrogens is 4. The van der Waals surface area contributed by atoms with Crippen LogP contribution in [0.2, 0.25) is 0 Å². The van der Waals surface area contributed by atoms with Crippen LogP contribution < -0.4 is 10.5 Å². The number of amides is 1. The van der Waals surface area contributed by atoms with Crippen LogP contribution in [0.5, 0.6) is 0 Å². The Kier molecular flexibility index (Phi) is 4.62. The molecule has 2 N–H and O–H groups in total. The maximum Gasteiger partial charge on any atom is 0.276 e. The van der Waals surface area contributed by atoms with E-state index in [0.29, 0.717) is 5.65 Å². The minimum atomic E-state index is -0.759. The van der Waals surface area contributed by atoms with Crippen molar-refractivity contribution in [2.45, 2.75) is 6.04 Å². The van der Waals surface area contributed by atoms with Crippen molar-refractivity contribution >= 4 is 34.8 Å². The molecule has 0 bridgehead atoms. The molecular weight excluding hydrogens is 374 g/mol. The van der Waals surface area contributed by atoms with E-state index < -0.39 is 6.04 Å². The highest BCUT2D eigenvalue weighted by Crippen LogP contribution is 2.25. The fourth-order valence-electron chi connectivity index (χ4n) is 3.15. The van der Waals surface area contributed by atoms with Crippen LogP contribution >= 0.6 is 12.2 Å². The van der Waals surface area contributed by atoms with Gasteiger partial charge >= 0.3 is 0 Å². The lowest BCUT2D eigenvalue weighted by atomic mass is 10.0. The smallest absolute Gasteiger partial charge is 0.276 e. The van der Waals surface area contributed by atoms with Gasteiger partial charge in [0.05, 0.1) is 6.33 Å². The first kappa shape index (κ1) is 17.9. The molecule has 7 nitrogen and oxygen atoms in total. The van der Waals surface area contributed by atoms with Gasteiger partial charge in [-0.25, -0.2) is 4.98 Å². The predicted molar refractivity (Wildman–Crippen MR) is 110 cm³/mol. The number of carbonyl (C=O) groups is 1. The fourth-order valence-corrected chi connectivity index (χ4v) is 3.49. The van der Waals surface area contributed by atoms with E-state index in [4.69, 9.17) is 12.2 Å². The zero-order valence-electron chi connectivity index (χ0n) is 15.0. The van der Waals surface area contributed by atoms with Gasteiger partial charge in [-0.05, 0) is 17.7 Å². The Morgan fingerprint density at radius 3 is 2.39 bits per heavy atom. The third-order valence-corrected chi connectivity index (χ3v) is 5.03. The fraction of sp³-hybridized carbons (Fsp3) is 0.100. The number of nitrogens with one attached hydrogen (secondary N) is 2. The molecule has 0 radical (unpaired) electrons. The summed E-state index contributed by atoms with van der Waals surface area (Å²) in [6, 6.07) is 17.9. The van der Waals surface area contributed by atoms with Crippen LogP contribution in [0.1, 0.15) is 11.6 Å². The van der Waals surface area contributed by atoms with E-state index in [1.54, 1.807) is 16.5 Å². The summed E-state index contributed by atoms with van der Waals surface area (Å²) in [6.07, 6.45) is 1.49. The first-order valence-corrected chi connectivity index (χ1v) is 9.04. The van der Waals surface area contributed by atoms with Crippen molar-refractivity contribution in [2.75, 3.05) is 11.9 Å². The minimum Gasteiger partial charge on any atom is -0.313 e. The molecule has 1 unspecified atom stereocenters. The molecule has 0 aliphatic heterocycles. The predicted octanol–water partition coefficient (Wildman–Crippen LogP) is 3.03. The van der Waals surface area contributed by atoms with E-state index in [2.05, 4.69) is 15.2 Å². The molecule has 0 aliphatic carbocycles. The molecular formula is C20H17N5O2S. The van der Waals surface area contributed by atoms with Crippen LogP contribution in [-0.4, -0.2) is 32.7 Å². The maximum absolute atomic E-state index is 13.5. The van der Waals surface area contributed by atoms with Gasteiger partial charge in [0.15, 0.2) is 5.65 Å². The van der Waals surface area contributed by atoms with Gasteiger partial charge in [0, 0.05) is 12.7 Å². The normalized spacial score (nSPS) is 12.0. The SMILES string of the molecule is CN(C(=O)C(c1ccccc1)n1cnc2[nH][nH]c(=O)c2c1=S)c1ccccc1. The average molecular weight is 391 g/mol. The van der Waals surface area contributed by atoms with Crippen molar-refractivity contribution in [3.8, 4) is 0 Å². The molecule has 140 valence electrons. The number of carbonyl (C=O) groups excluding carboxylic acids is 1. The Hall–Kier alpha value is -3.52. The first-order chi connectivity index (χ1) is 13.6. The molecule has 1 atom stereocenters. The Morgan fingerprint density at radius 1 is 1.07 bits per heavy atom. The summed E-state index contributed by atoms with van der Waals surface area (Å²) in [7, 11) is 1.71. The lowest BCUT2D eigenvalue weighted by molar-refractivity contribution is -0.120. The largest absolute Gasteiger partial charge is 0.313 e. The van der Waals surface area contributed by atoms with Gasteiger partial charge in [-0.2, -0.15) is 0 Å². The summed E-state index contributed by atoms with van der Waals surface area (Å²) in [5.41, 5.74) is 1.51. The molecule has 0 saturated carbocycles. The topological polar surface area (TPSA) is 86.8 Å². The van der Waals surface area contributed by atoms with E-state index >= 15 is 0 Å². The number of rotatable bonds is 4. The average Bonchev–Trinajstić information content (AvgIpc) is 3.12. The number of H-pyrrole nitrogens is 2. The lowest BCUT2D eigenvalue weighted by Gasteiger charge is -2.26.